The van der Waals surface area contributed by atoms with Gasteiger partial charge >= 0.3 is 12.1 Å². The molecule has 0 unspecified atom stereocenters. The molecule has 1 heterocycles. The zero-order valence-electron chi connectivity index (χ0n) is 11.8. The lowest BCUT2D eigenvalue weighted by atomic mass is 9.95. The maximum absolute atomic E-state index is 12.7. The highest BCUT2D eigenvalue weighted by atomic mass is 19.4. The molecular formula is C15H18F3NO2. The van der Waals surface area contributed by atoms with E-state index < -0.39 is 18.1 Å². The minimum Gasteiger partial charge on any atom is -0.481 e. The number of halogens is 3. The maximum Gasteiger partial charge on any atom is 0.391 e. The molecule has 0 amide bonds. The third-order valence-corrected chi connectivity index (χ3v) is 3.92. The topological polar surface area (TPSA) is 40.5 Å². The SMILES string of the molecule is Cc1cc(CC(=O)O)ccc1N1CCC(C(F)(F)F)CC1. The molecule has 116 valence electrons. The summed E-state index contributed by atoms with van der Waals surface area (Å²) in [6.45, 7) is 2.61. The van der Waals surface area contributed by atoms with Gasteiger partial charge in [0, 0.05) is 18.8 Å². The van der Waals surface area contributed by atoms with Crippen LogP contribution in [0.25, 0.3) is 0 Å². The summed E-state index contributed by atoms with van der Waals surface area (Å²) in [6.07, 6.45) is -3.93. The van der Waals surface area contributed by atoms with Crippen molar-refractivity contribution in [2.45, 2.75) is 32.4 Å². The Hall–Kier alpha value is -1.72. The molecule has 21 heavy (non-hydrogen) atoms. The average Bonchev–Trinajstić information content (AvgIpc) is 2.37. The molecule has 1 aromatic carbocycles. The van der Waals surface area contributed by atoms with Gasteiger partial charge < -0.3 is 10.0 Å². The fraction of sp³-hybridized carbons (Fsp3) is 0.533. The molecule has 0 saturated carbocycles. The minimum absolute atomic E-state index is 0.0444. The van der Waals surface area contributed by atoms with Crippen LogP contribution in [0.2, 0.25) is 0 Å². The third kappa shape index (κ3) is 3.89. The van der Waals surface area contributed by atoms with Crippen molar-refractivity contribution in [3.8, 4) is 0 Å². The van der Waals surface area contributed by atoms with Crippen LogP contribution >= 0.6 is 0 Å². The van der Waals surface area contributed by atoms with Crippen molar-refractivity contribution in [2.75, 3.05) is 18.0 Å². The Morgan fingerprint density at radius 1 is 1.33 bits per heavy atom. The van der Waals surface area contributed by atoms with Gasteiger partial charge in [0.2, 0.25) is 0 Å². The van der Waals surface area contributed by atoms with E-state index in [1.54, 1.807) is 12.1 Å². The monoisotopic (exact) mass is 301 g/mol. The largest absolute Gasteiger partial charge is 0.481 e. The van der Waals surface area contributed by atoms with Gasteiger partial charge in [0.15, 0.2) is 0 Å². The predicted octanol–water partition coefficient (Wildman–Crippen LogP) is 3.40. The second-order valence-electron chi connectivity index (χ2n) is 5.49. The van der Waals surface area contributed by atoms with Gasteiger partial charge in [-0.3, -0.25) is 4.79 Å². The second kappa shape index (κ2) is 5.95. The summed E-state index contributed by atoms with van der Waals surface area (Å²) in [5.41, 5.74) is 2.50. The van der Waals surface area contributed by atoms with Crippen LogP contribution in [0.4, 0.5) is 18.9 Å². The van der Waals surface area contributed by atoms with E-state index in [9.17, 15) is 18.0 Å². The molecule has 6 heteroatoms. The second-order valence-corrected chi connectivity index (χ2v) is 5.49. The molecule has 1 fully saturated rings. The number of piperidine rings is 1. The quantitative estimate of drug-likeness (QED) is 0.930. The molecule has 2 rings (SSSR count). The van der Waals surface area contributed by atoms with Gasteiger partial charge in [0.1, 0.15) is 0 Å². The summed E-state index contributed by atoms with van der Waals surface area (Å²) in [6, 6.07) is 5.33. The lowest BCUT2D eigenvalue weighted by Gasteiger charge is -2.35. The summed E-state index contributed by atoms with van der Waals surface area (Å²) < 4.78 is 38.0. The van der Waals surface area contributed by atoms with E-state index >= 15 is 0 Å². The van der Waals surface area contributed by atoms with Crippen LogP contribution in [-0.4, -0.2) is 30.3 Å². The number of anilines is 1. The van der Waals surface area contributed by atoms with Crippen molar-refractivity contribution in [3.63, 3.8) is 0 Å². The van der Waals surface area contributed by atoms with Gasteiger partial charge in [-0.2, -0.15) is 13.2 Å². The van der Waals surface area contributed by atoms with Gasteiger partial charge in [-0.25, -0.2) is 0 Å². The molecule has 0 bridgehead atoms. The van der Waals surface area contributed by atoms with E-state index in [0.717, 1.165) is 11.3 Å². The highest BCUT2D eigenvalue weighted by Crippen LogP contribution is 2.36. The average molecular weight is 301 g/mol. The van der Waals surface area contributed by atoms with E-state index in [2.05, 4.69) is 0 Å². The first-order chi connectivity index (χ1) is 9.77. The number of carbonyl (C=O) groups is 1. The first kappa shape index (κ1) is 15.7. The van der Waals surface area contributed by atoms with Crippen molar-refractivity contribution in [3.05, 3.63) is 29.3 Å². The van der Waals surface area contributed by atoms with Crippen LogP contribution in [0.15, 0.2) is 18.2 Å². The molecule has 1 saturated heterocycles. The number of hydrogen-bond acceptors (Lipinski definition) is 2. The number of aryl methyl sites for hydroxylation is 1. The first-order valence-electron chi connectivity index (χ1n) is 6.90. The van der Waals surface area contributed by atoms with Crippen LogP contribution in [0.1, 0.15) is 24.0 Å². The number of benzene rings is 1. The van der Waals surface area contributed by atoms with Crippen molar-refractivity contribution >= 4 is 11.7 Å². The van der Waals surface area contributed by atoms with Crippen molar-refractivity contribution in [1.82, 2.24) is 0 Å². The van der Waals surface area contributed by atoms with Crippen LogP contribution < -0.4 is 4.90 Å². The standard InChI is InChI=1S/C15H18F3NO2/c1-10-8-11(9-14(20)21)2-3-13(10)19-6-4-12(5-7-19)15(16,17)18/h2-3,8,12H,4-7,9H2,1H3,(H,20,21). The van der Waals surface area contributed by atoms with Crippen LogP contribution in [0, 0.1) is 12.8 Å². The normalized spacial score (nSPS) is 17.0. The first-order valence-corrected chi connectivity index (χ1v) is 6.90. The molecular weight excluding hydrogens is 283 g/mol. The Labute approximate surface area is 121 Å². The Kier molecular flexibility index (Phi) is 4.44. The number of rotatable bonds is 3. The summed E-state index contributed by atoms with van der Waals surface area (Å²) >= 11 is 0. The molecule has 0 radical (unpaired) electrons. The van der Waals surface area contributed by atoms with Gasteiger partial charge in [0.25, 0.3) is 0 Å². The van der Waals surface area contributed by atoms with E-state index in [1.165, 1.54) is 0 Å². The van der Waals surface area contributed by atoms with Crippen molar-refractivity contribution in [2.24, 2.45) is 5.92 Å². The summed E-state index contributed by atoms with van der Waals surface area (Å²) in [7, 11) is 0. The summed E-state index contributed by atoms with van der Waals surface area (Å²) in [4.78, 5) is 12.6. The molecule has 0 aliphatic carbocycles. The molecule has 0 spiro atoms. The number of aliphatic carboxylic acids is 1. The fourth-order valence-electron chi connectivity index (χ4n) is 2.80. The van der Waals surface area contributed by atoms with Crippen LogP contribution in [-0.2, 0) is 11.2 Å². The fourth-order valence-corrected chi connectivity index (χ4v) is 2.80. The zero-order valence-corrected chi connectivity index (χ0v) is 11.8. The predicted molar refractivity (Wildman–Crippen MR) is 73.5 cm³/mol. The number of nitrogens with zero attached hydrogens (tertiary/aromatic N) is 1. The smallest absolute Gasteiger partial charge is 0.391 e. The van der Waals surface area contributed by atoms with Gasteiger partial charge in [0.05, 0.1) is 12.3 Å². The van der Waals surface area contributed by atoms with Crippen LogP contribution in [0.3, 0.4) is 0 Å². The molecule has 0 atom stereocenters. The number of hydrogen-bond donors (Lipinski definition) is 1. The molecule has 1 aromatic rings. The van der Waals surface area contributed by atoms with Gasteiger partial charge in [-0.15, -0.1) is 0 Å². The molecule has 3 nitrogen and oxygen atoms in total. The third-order valence-electron chi connectivity index (χ3n) is 3.92. The molecule has 1 aliphatic heterocycles. The summed E-state index contributed by atoms with van der Waals surface area (Å²) in [5.74, 6) is -2.10. The molecule has 1 N–H and O–H groups in total. The zero-order chi connectivity index (χ0) is 15.6. The molecule has 1 aliphatic rings. The van der Waals surface area contributed by atoms with Crippen LogP contribution in [0.5, 0.6) is 0 Å². The minimum atomic E-state index is -4.10. The Bertz CT molecular complexity index is 520. The summed E-state index contributed by atoms with van der Waals surface area (Å²) in [5, 5.41) is 8.76. The van der Waals surface area contributed by atoms with E-state index in [1.807, 2.05) is 17.9 Å². The van der Waals surface area contributed by atoms with E-state index in [-0.39, 0.29) is 19.3 Å². The molecule has 0 aromatic heterocycles. The van der Waals surface area contributed by atoms with Gasteiger partial charge in [-0.05, 0) is 37.0 Å². The highest BCUT2D eigenvalue weighted by Gasteiger charge is 2.41. The lowest BCUT2D eigenvalue weighted by Crippen LogP contribution is -2.39. The highest BCUT2D eigenvalue weighted by molar-refractivity contribution is 5.71. The van der Waals surface area contributed by atoms with Gasteiger partial charge in [-0.1, -0.05) is 12.1 Å². The van der Waals surface area contributed by atoms with Crippen molar-refractivity contribution in [1.29, 1.82) is 0 Å². The van der Waals surface area contributed by atoms with E-state index in [0.29, 0.717) is 18.7 Å². The Morgan fingerprint density at radius 3 is 2.43 bits per heavy atom. The van der Waals surface area contributed by atoms with Crippen molar-refractivity contribution < 1.29 is 23.1 Å². The lowest BCUT2D eigenvalue weighted by molar-refractivity contribution is -0.179. The maximum atomic E-state index is 12.7. The van der Waals surface area contributed by atoms with E-state index in [4.69, 9.17) is 5.11 Å². The number of alkyl halides is 3. The number of carboxylic acid groups (broad SMARTS) is 1. The number of carboxylic acids is 1. The Morgan fingerprint density at radius 2 is 1.95 bits per heavy atom. The Balaban J connectivity index is 2.05.